The SMILES string of the molecule is Cc1cc(C)cc(N(C)S(=O)(=O)c2ccc(N)nc2)c1. The molecular weight excluding hydrogens is 274 g/mol. The van der Waals surface area contributed by atoms with Crippen molar-refractivity contribution >= 4 is 21.5 Å². The Hall–Kier alpha value is -2.08. The van der Waals surface area contributed by atoms with Gasteiger partial charge in [-0.15, -0.1) is 0 Å². The van der Waals surface area contributed by atoms with Gasteiger partial charge in [0.15, 0.2) is 0 Å². The number of benzene rings is 1. The standard InChI is InChI=1S/C14H17N3O2S/c1-10-6-11(2)8-12(7-10)17(3)20(18,19)13-4-5-14(15)16-9-13/h4-9H,1-3H3,(H2,15,16). The number of hydrogen-bond donors (Lipinski definition) is 1. The molecule has 0 radical (unpaired) electrons. The molecule has 1 heterocycles. The zero-order chi connectivity index (χ0) is 14.9. The van der Waals surface area contributed by atoms with Crippen LogP contribution >= 0.6 is 0 Å². The van der Waals surface area contributed by atoms with Crippen molar-refractivity contribution in [3.05, 3.63) is 47.7 Å². The quantitative estimate of drug-likeness (QED) is 0.939. The van der Waals surface area contributed by atoms with Gasteiger partial charge in [0.05, 0.1) is 5.69 Å². The van der Waals surface area contributed by atoms with Gasteiger partial charge < -0.3 is 5.73 Å². The van der Waals surface area contributed by atoms with Crippen molar-refractivity contribution in [2.24, 2.45) is 0 Å². The number of hydrogen-bond acceptors (Lipinski definition) is 4. The Morgan fingerprint density at radius 3 is 2.20 bits per heavy atom. The monoisotopic (exact) mass is 291 g/mol. The van der Waals surface area contributed by atoms with Gasteiger partial charge >= 0.3 is 0 Å². The van der Waals surface area contributed by atoms with Crippen LogP contribution in [0.3, 0.4) is 0 Å². The predicted octanol–water partition coefficient (Wildman–Crippen LogP) is 2.11. The van der Waals surface area contributed by atoms with Gasteiger partial charge in [-0.1, -0.05) is 6.07 Å². The summed E-state index contributed by atoms with van der Waals surface area (Å²) in [5, 5.41) is 0. The van der Waals surface area contributed by atoms with Crippen molar-refractivity contribution in [2.45, 2.75) is 18.7 Å². The average Bonchev–Trinajstić information content (AvgIpc) is 2.37. The normalized spacial score (nSPS) is 11.3. The summed E-state index contributed by atoms with van der Waals surface area (Å²) >= 11 is 0. The molecule has 106 valence electrons. The van der Waals surface area contributed by atoms with Gasteiger partial charge in [-0.2, -0.15) is 0 Å². The van der Waals surface area contributed by atoms with Gasteiger partial charge in [-0.05, 0) is 49.2 Å². The number of sulfonamides is 1. The van der Waals surface area contributed by atoms with Crippen LogP contribution in [0, 0.1) is 13.8 Å². The van der Waals surface area contributed by atoms with Crippen molar-refractivity contribution in [1.82, 2.24) is 4.98 Å². The number of aromatic nitrogens is 1. The maximum Gasteiger partial charge on any atom is 0.265 e. The highest BCUT2D eigenvalue weighted by atomic mass is 32.2. The summed E-state index contributed by atoms with van der Waals surface area (Å²) in [5.41, 5.74) is 8.12. The Morgan fingerprint density at radius 2 is 1.70 bits per heavy atom. The first-order valence-electron chi connectivity index (χ1n) is 6.09. The Morgan fingerprint density at radius 1 is 1.10 bits per heavy atom. The van der Waals surface area contributed by atoms with E-state index in [2.05, 4.69) is 4.98 Å². The highest BCUT2D eigenvalue weighted by Crippen LogP contribution is 2.24. The largest absolute Gasteiger partial charge is 0.384 e. The highest BCUT2D eigenvalue weighted by molar-refractivity contribution is 7.92. The number of nitrogens with zero attached hydrogens (tertiary/aromatic N) is 2. The number of anilines is 2. The van der Waals surface area contributed by atoms with Gasteiger partial charge in [-0.3, -0.25) is 4.31 Å². The van der Waals surface area contributed by atoms with Crippen molar-refractivity contribution in [3.63, 3.8) is 0 Å². The molecule has 0 amide bonds. The topological polar surface area (TPSA) is 76.3 Å². The first-order valence-corrected chi connectivity index (χ1v) is 7.53. The molecule has 5 nitrogen and oxygen atoms in total. The van der Waals surface area contributed by atoms with E-state index in [0.29, 0.717) is 5.69 Å². The lowest BCUT2D eigenvalue weighted by Crippen LogP contribution is -2.26. The van der Waals surface area contributed by atoms with E-state index in [1.807, 2.05) is 32.0 Å². The molecule has 20 heavy (non-hydrogen) atoms. The molecule has 0 unspecified atom stereocenters. The van der Waals surface area contributed by atoms with Crippen LogP contribution in [-0.2, 0) is 10.0 Å². The van der Waals surface area contributed by atoms with Crippen molar-refractivity contribution in [1.29, 1.82) is 0 Å². The molecule has 0 aliphatic heterocycles. The van der Waals surface area contributed by atoms with Gasteiger partial charge in [-0.25, -0.2) is 13.4 Å². The van der Waals surface area contributed by atoms with E-state index < -0.39 is 10.0 Å². The maximum atomic E-state index is 12.5. The minimum Gasteiger partial charge on any atom is -0.384 e. The molecule has 0 spiro atoms. The third-order valence-corrected chi connectivity index (χ3v) is 4.76. The van der Waals surface area contributed by atoms with Crippen LogP contribution in [0.4, 0.5) is 11.5 Å². The molecule has 2 rings (SSSR count). The second kappa shape index (κ2) is 5.13. The zero-order valence-corrected chi connectivity index (χ0v) is 12.5. The molecule has 0 saturated heterocycles. The van der Waals surface area contributed by atoms with Gasteiger partial charge in [0.1, 0.15) is 10.7 Å². The van der Waals surface area contributed by atoms with Gasteiger partial charge in [0, 0.05) is 13.2 Å². The molecule has 0 fully saturated rings. The Labute approximate surface area is 119 Å². The predicted molar refractivity (Wildman–Crippen MR) is 80.2 cm³/mol. The summed E-state index contributed by atoms with van der Waals surface area (Å²) in [5.74, 6) is 0.290. The molecular formula is C14H17N3O2S. The molecule has 0 aliphatic rings. The average molecular weight is 291 g/mol. The number of rotatable bonds is 3. The molecule has 0 bridgehead atoms. The van der Waals surface area contributed by atoms with Crippen molar-refractivity contribution in [3.8, 4) is 0 Å². The lowest BCUT2D eigenvalue weighted by molar-refractivity contribution is 0.594. The van der Waals surface area contributed by atoms with Crippen molar-refractivity contribution < 1.29 is 8.42 Å². The second-order valence-corrected chi connectivity index (χ2v) is 6.71. The molecule has 0 atom stereocenters. The van der Waals surface area contributed by atoms with Crippen LogP contribution in [-0.4, -0.2) is 20.4 Å². The van der Waals surface area contributed by atoms with E-state index >= 15 is 0 Å². The van der Waals surface area contributed by atoms with E-state index in [4.69, 9.17) is 5.73 Å². The van der Waals surface area contributed by atoms with E-state index in [0.717, 1.165) is 11.1 Å². The molecule has 6 heteroatoms. The highest BCUT2D eigenvalue weighted by Gasteiger charge is 2.21. The summed E-state index contributed by atoms with van der Waals surface area (Å²) in [6.45, 7) is 3.86. The number of nitrogen functional groups attached to an aromatic ring is 1. The van der Waals surface area contributed by atoms with Crippen molar-refractivity contribution in [2.75, 3.05) is 17.1 Å². The maximum absolute atomic E-state index is 12.5. The van der Waals surface area contributed by atoms with Crippen LogP contribution in [0.1, 0.15) is 11.1 Å². The molecule has 1 aromatic heterocycles. The third kappa shape index (κ3) is 2.75. The first-order chi connectivity index (χ1) is 9.30. The smallest absolute Gasteiger partial charge is 0.265 e. The molecule has 2 N–H and O–H groups in total. The zero-order valence-electron chi connectivity index (χ0n) is 11.7. The van der Waals surface area contributed by atoms with Crippen LogP contribution in [0.5, 0.6) is 0 Å². The fourth-order valence-corrected chi connectivity index (χ4v) is 3.10. The first kappa shape index (κ1) is 14.3. The lowest BCUT2D eigenvalue weighted by atomic mass is 10.1. The summed E-state index contributed by atoms with van der Waals surface area (Å²) < 4.78 is 26.3. The van der Waals surface area contributed by atoms with Crippen LogP contribution in [0.2, 0.25) is 0 Å². The van der Waals surface area contributed by atoms with Gasteiger partial charge in [0.25, 0.3) is 10.0 Å². The summed E-state index contributed by atoms with van der Waals surface area (Å²) in [6.07, 6.45) is 1.27. The second-order valence-electron chi connectivity index (χ2n) is 4.74. The number of pyridine rings is 1. The van der Waals surface area contributed by atoms with E-state index in [9.17, 15) is 8.42 Å². The van der Waals surface area contributed by atoms with E-state index in [1.165, 1.54) is 29.7 Å². The fraction of sp³-hybridized carbons (Fsp3) is 0.214. The minimum atomic E-state index is -3.63. The fourth-order valence-electron chi connectivity index (χ4n) is 1.97. The van der Waals surface area contributed by atoms with E-state index in [-0.39, 0.29) is 10.7 Å². The molecule has 1 aromatic carbocycles. The van der Waals surface area contributed by atoms with Gasteiger partial charge in [0.2, 0.25) is 0 Å². The Bertz CT molecular complexity index is 704. The van der Waals surface area contributed by atoms with Crippen LogP contribution in [0.25, 0.3) is 0 Å². The van der Waals surface area contributed by atoms with Crippen LogP contribution < -0.4 is 10.0 Å². The molecule has 0 aliphatic carbocycles. The lowest BCUT2D eigenvalue weighted by Gasteiger charge is -2.20. The minimum absolute atomic E-state index is 0.119. The number of aryl methyl sites for hydroxylation is 2. The molecule has 0 saturated carbocycles. The summed E-state index contributed by atoms with van der Waals surface area (Å²) in [6, 6.07) is 8.58. The third-order valence-electron chi connectivity index (χ3n) is 2.99. The Kier molecular flexibility index (Phi) is 3.67. The summed E-state index contributed by atoms with van der Waals surface area (Å²) in [4.78, 5) is 3.95. The van der Waals surface area contributed by atoms with Crippen LogP contribution in [0.15, 0.2) is 41.4 Å². The summed E-state index contributed by atoms with van der Waals surface area (Å²) in [7, 11) is -2.10. The van der Waals surface area contributed by atoms with E-state index in [1.54, 1.807) is 0 Å². The molecule has 2 aromatic rings. The number of nitrogens with two attached hydrogens (primary N) is 1. The Balaban J connectivity index is 2.45.